The molecule has 0 fully saturated rings. The molecule has 0 atom stereocenters. The number of amides is 1. The molecule has 0 aliphatic carbocycles. The second-order valence-corrected chi connectivity index (χ2v) is 3.60. The number of hydrogen-bond donors (Lipinski definition) is 0. The van der Waals surface area contributed by atoms with E-state index < -0.39 is 0 Å². The van der Waals surface area contributed by atoms with Crippen LogP contribution in [0.5, 0.6) is 5.88 Å². The molecule has 2 heterocycles. The maximum atomic E-state index is 11.6. The van der Waals surface area contributed by atoms with Crippen LogP contribution in [0.15, 0.2) is 6.20 Å². The van der Waals surface area contributed by atoms with Gasteiger partial charge >= 0.3 is 0 Å². The number of carbonyl (C=O) groups is 1. The molecule has 1 aromatic heterocycles. The molecular formula is C9H13N3O2. The molecule has 0 aromatic carbocycles. The molecule has 5 nitrogen and oxygen atoms in total. The number of aryl methyl sites for hydroxylation is 1. The maximum Gasteiger partial charge on any atom is 0.265 e. The lowest BCUT2D eigenvalue weighted by atomic mass is 10.2. The summed E-state index contributed by atoms with van der Waals surface area (Å²) in [5, 5.41) is 4.06. The Labute approximate surface area is 82.3 Å². The summed E-state index contributed by atoms with van der Waals surface area (Å²) in [6.07, 6.45) is 1.66. The molecule has 0 radical (unpaired) electrons. The zero-order chi connectivity index (χ0) is 10.3. The van der Waals surface area contributed by atoms with Gasteiger partial charge in [0.05, 0.1) is 6.20 Å². The Morgan fingerprint density at radius 2 is 2.29 bits per heavy atom. The van der Waals surface area contributed by atoms with Crippen LogP contribution in [0.25, 0.3) is 0 Å². The Kier molecular flexibility index (Phi) is 1.94. The Morgan fingerprint density at radius 3 is 2.93 bits per heavy atom. The van der Waals surface area contributed by atoms with Crippen LogP contribution >= 0.6 is 0 Å². The summed E-state index contributed by atoms with van der Waals surface area (Å²) in [4.78, 5) is 13.3. The molecular weight excluding hydrogens is 182 g/mol. The number of carbonyl (C=O) groups excluding carboxylic acids is 1. The minimum absolute atomic E-state index is 0.0134. The molecule has 2 rings (SSSR count). The topological polar surface area (TPSA) is 47.4 Å². The Morgan fingerprint density at radius 1 is 1.57 bits per heavy atom. The smallest absolute Gasteiger partial charge is 0.265 e. The van der Waals surface area contributed by atoms with Gasteiger partial charge in [-0.3, -0.25) is 4.79 Å². The van der Waals surface area contributed by atoms with Gasteiger partial charge in [0, 0.05) is 13.1 Å². The summed E-state index contributed by atoms with van der Waals surface area (Å²) in [6.45, 7) is 4.05. The van der Waals surface area contributed by atoms with Gasteiger partial charge in [0.25, 0.3) is 5.91 Å². The summed E-state index contributed by atoms with van der Waals surface area (Å²) in [5.74, 6) is 0.652. The van der Waals surface area contributed by atoms with Crippen LogP contribution < -0.4 is 9.64 Å². The van der Waals surface area contributed by atoms with E-state index in [0.29, 0.717) is 5.88 Å². The molecule has 0 saturated heterocycles. The van der Waals surface area contributed by atoms with Gasteiger partial charge in [-0.25, -0.2) is 4.68 Å². The third-order valence-electron chi connectivity index (χ3n) is 2.24. The first-order valence-corrected chi connectivity index (χ1v) is 4.58. The SMILES string of the molecule is CC(C)N1C(=O)COc2c1cnn2C. The molecule has 0 N–H and O–H groups in total. The van der Waals surface area contributed by atoms with E-state index >= 15 is 0 Å². The van der Waals surface area contributed by atoms with Gasteiger partial charge < -0.3 is 9.64 Å². The van der Waals surface area contributed by atoms with Crippen molar-refractivity contribution in [3.63, 3.8) is 0 Å². The zero-order valence-corrected chi connectivity index (χ0v) is 8.52. The van der Waals surface area contributed by atoms with E-state index in [0.717, 1.165) is 5.69 Å². The van der Waals surface area contributed by atoms with Crippen LogP contribution in [0.2, 0.25) is 0 Å². The number of fused-ring (bicyclic) bond motifs is 1. The predicted octanol–water partition coefficient (Wildman–Crippen LogP) is 0.554. The van der Waals surface area contributed by atoms with Crippen LogP contribution in [0.1, 0.15) is 13.8 Å². The van der Waals surface area contributed by atoms with Gasteiger partial charge in [-0.15, -0.1) is 0 Å². The number of hydrogen-bond acceptors (Lipinski definition) is 3. The highest BCUT2D eigenvalue weighted by atomic mass is 16.5. The van der Waals surface area contributed by atoms with E-state index in [1.165, 1.54) is 0 Å². The minimum atomic E-state index is -0.0134. The molecule has 0 saturated carbocycles. The molecule has 1 aliphatic rings. The lowest BCUT2D eigenvalue weighted by molar-refractivity contribution is -0.121. The number of aromatic nitrogens is 2. The highest BCUT2D eigenvalue weighted by Gasteiger charge is 2.30. The van der Waals surface area contributed by atoms with Gasteiger partial charge in [-0.2, -0.15) is 5.10 Å². The van der Waals surface area contributed by atoms with E-state index in [4.69, 9.17) is 4.74 Å². The Balaban J connectivity index is 2.47. The van der Waals surface area contributed by atoms with Crippen LogP contribution in [-0.4, -0.2) is 28.3 Å². The fraction of sp³-hybridized carbons (Fsp3) is 0.556. The van der Waals surface area contributed by atoms with E-state index in [1.807, 2.05) is 13.8 Å². The van der Waals surface area contributed by atoms with Crippen molar-refractivity contribution < 1.29 is 9.53 Å². The van der Waals surface area contributed by atoms with Crippen LogP contribution in [0.3, 0.4) is 0 Å². The second kappa shape index (κ2) is 3.01. The lowest BCUT2D eigenvalue weighted by Gasteiger charge is -2.29. The van der Waals surface area contributed by atoms with Crippen LogP contribution in [-0.2, 0) is 11.8 Å². The molecule has 76 valence electrons. The quantitative estimate of drug-likeness (QED) is 0.657. The van der Waals surface area contributed by atoms with Gasteiger partial charge in [-0.05, 0) is 13.8 Å². The highest BCUT2D eigenvalue weighted by Crippen LogP contribution is 2.32. The molecule has 5 heteroatoms. The van der Waals surface area contributed by atoms with Crippen LogP contribution in [0.4, 0.5) is 5.69 Å². The maximum absolute atomic E-state index is 11.6. The van der Waals surface area contributed by atoms with E-state index in [-0.39, 0.29) is 18.6 Å². The van der Waals surface area contributed by atoms with Gasteiger partial charge in [0.1, 0.15) is 5.69 Å². The molecule has 0 spiro atoms. The largest absolute Gasteiger partial charge is 0.466 e. The zero-order valence-electron chi connectivity index (χ0n) is 8.52. The normalized spacial score (nSPS) is 15.7. The Hall–Kier alpha value is -1.52. The van der Waals surface area contributed by atoms with Crippen molar-refractivity contribution in [2.75, 3.05) is 11.5 Å². The standard InChI is InChI=1S/C9H13N3O2/c1-6(2)12-7-4-10-11(3)9(7)14-5-8(12)13/h4,6H,5H2,1-3H3. The number of rotatable bonds is 1. The monoisotopic (exact) mass is 195 g/mol. The van der Waals surface area contributed by atoms with Crippen LogP contribution in [0, 0.1) is 0 Å². The van der Waals surface area contributed by atoms with Crippen molar-refractivity contribution in [1.82, 2.24) is 9.78 Å². The molecule has 0 unspecified atom stereocenters. The van der Waals surface area contributed by atoms with E-state index in [2.05, 4.69) is 5.10 Å². The molecule has 0 bridgehead atoms. The van der Waals surface area contributed by atoms with Gasteiger partial charge in [0.15, 0.2) is 6.61 Å². The van der Waals surface area contributed by atoms with Gasteiger partial charge in [0.2, 0.25) is 5.88 Å². The number of nitrogens with zero attached hydrogens (tertiary/aromatic N) is 3. The molecule has 1 aromatic rings. The average Bonchev–Trinajstić information content (AvgIpc) is 2.47. The van der Waals surface area contributed by atoms with Crippen molar-refractivity contribution in [1.29, 1.82) is 0 Å². The summed E-state index contributed by atoms with van der Waals surface area (Å²) < 4.78 is 6.93. The van der Waals surface area contributed by atoms with Gasteiger partial charge in [-0.1, -0.05) is 0 Å². The van der Waals surface area contributed by atoms with E-state index in [9.17, 15) is 4.79 Å². The Bertz CT molecular complexity index is 370. The average molecular weight is 195 g/mol. The number of ether oxygens (including phenoxy) is 1. The summed E-state index contributed by atoms with van der Waals surface area (Å²) in [5.41, 5.74) is 0.763. The number of anilines is 1. The van der Waals surface area contributed by atoms with E-state index in [1.54, 1.807) is 22.8 Å². The molecule has 14 heavy (non-hydrogen) atoms. The highest BCUT2D eigenvalue weighted by molar-refractivity contribution is 5.97. The second-order valence-electron chi connectivity index (χ2n) is 3.60. The van der Waals surface area contributed by atoms with Crippen molar-refractivity contribution >= 4 is 11.6 Å². The first kappa shape index (κ1) is 9.05. The van der Waals surface area contributed by atoms with Crippen molar-refractivity contribution in [2.45, 2.75) is 19.9 Å². The summed E-state index contributed by atoms with van der Waals surface area (Å²) >= 11 is 0. The first-order valence-electron chi connectivity index (χ1n) is 4.58. The third kappa shape index (κ3) is 1.16. The summed E-state index contributed by atoms with van der Waals surface area (Å²) in [6, 6.07) is 0.134. The first-order chi connectivity index (χ1) is 6.61. The lowest BCUT2D eigenvalue weighted by Crippen LogP contribution is -2.43. The molecule has 1 amide bonds. The van der Waals surface area contributed by atoms with Crippen molar-refractivity contribution in [3.05, 3.63) is 6.20 Å². The summed E-state index contributed by atoms with van der Waals surface area (Å²) in [7, 11) is 1.80. The van der Waals surface area contributed by atoms with Crippen molar-refractivity contribution in [2.24, 2.45) is 7.05 Å². The van der Waals surface area contributed by atoms with Crippen molar-refractivity contribution in [3.8, 4) is 5.88 Å². The fourth-order valence-corrected chi connectivity index (χ4v) is 1.65. The minimum Gasteiger partial charge on any atom is -0.466 e. The fourth-order valence-electron chi connectivity index (χ4n) is 1.65. The molecule has 1 aliphatic heterocycles. The predicted molar refractivity (Wildman–Crippen MR) is 51.3 cm³/mol. The third-order valence-corrected chi connectivity index (χ3v) is 2.24.